The highest BCUT2D eigenvalue weighted by Crippen LogP contribution is 2.29. The minimum absolute atomic E-state index is 0.293. The van der Waals surface area contributed by atoms with Gasteiger partial charge in [-0.2, -0.15) is 10.2 Å². The van der Waals surface area contributed by atoms with Crippen molar-refractivity contribution in [1.82, 2.24) is 20.0 Å². The molecule has 0 spiro atoms. The van der Waals surface area contributed by atoms with Crippen molar-refractivity contribution in [3.8, 4) is 11.5 Å². The van der Waals surface area contributed by atoms with Gasteiger partial charge in [-0.15, -0.1) is 0 Å². The largest absolute Gasteiger partial charge is 0.490 e. The van der Waals surface area contributed by atoms with Gasteiger partial charge < -0.3 is 14.8 Å². The number of carbonyl (C=O) groups is 1. The summed E-state index contributed by atoms with van der Waals surface area (Å²) in [7, 11) is 0. The van der Waals surface area contributed by atoms with E-state index in [9.17, 15) is 4.79 Å². The molecule has 1 amide bonds. The first-order valence-electron chi connectivity index (χ1n) is 8.51. The number of aromatic nitrogens is 4. The van der Waals surface area contributed by atoms with Crippen LogP contribution in [0.1, 0.15) is 29.9 Å². The van der Waals surface area contributed by atoms with E-state index >= 15 is 0 Å². The maximum absolute atomic E-state index is 12.2. The van der Waals surface area contributed by atoms with Crippen molar-refractivity contribution in [2.45, 2.75) is 20.4 Å². The molecule has 0 bridgehead atoms. The maximum atomic E-state index is 12.2. The number of nitrogens with zero attached hydrogens (tertiary/aromatic N) is 3. The highest BCUT2D eigenvalue weighted by Gasteiger charge is 2.13. The molecule has 2 N–H and O–H groups in total. The number of hydrogen-bond donors (Lipinski definition) is 2. The predicted molar refractivity (Wildman–Crippen MR) is 104 cm³/mol. The molecule has 0 unspecified atom stereocenters. The van der Waals surface area contributed by atoms with Crippen molar-refractivity contribution in [2.75, 3.05) is 18.5 Å². The molecule has 2 aromatic heterocycles. The Morgan fingerprint density at radius 1 is 1.22 bits per heavy atom. The molecular weight excluding hydrogens is 414 g/mol. The third-order valence-corrected chi connectivity index (χ3v) is 4.26. The van der Waals surface area contributed by atoms with Crippen molar-refractivity contribution >= 4 is 27.5 Å². The average Bonchev–Trinajstić information content (AvgIpc) is 3.26. The van der Waals surface area contributed by atoms with E-state index in [0.717, 1.165) is 11.3 Å². The third kappa shape index (κ3) is 4.68. The van der Waals surface area contributed by atoms with Crippen LogP contribution in [0.2, 0.25) is 0 Å². The number of halogens is 1. The van der Waals surface area contributed by atoms with Crippen LogP contribution in [0, 0.1) is 0 Å². The summed E-state index contributed by atoms with van der Waals surface area (Å²) >= 11 is 3.27. The fourth-order valence-electron chi connectivity index (χ4n) is 2.52. The van der Waals surface area contributed by atoms with E-state index < -0.39 is 0 Å². The number of benzene rings is 1. The molecule has 8 nitrogen and oxygen atoms in total. The van der Waals surface area contributed by atoms with Crippen LogP contribution in [-0.4, -0.2) is 39.1 Å². The molecular formula is C18H20BrN5O3. The minimum Gasteiger partial charge on any atom is -0.490 e. The lowest BCUT2D eigenvalue weighted by Gasteiger charge is -2.12. The Morgan fingerprint density at radius 3 is 2.70 bits per heavy atom. The van der Waals surface area contributed by atoms with E-state index in [-0.39, 0.29) is 5.91 Å². The SMILES string of the molecule is CCOc1ccc(Cn2cc(NC(=O)c3[nH]ncc3Br)cn2)cc1OCC. The van der Waals surface area contributed by atoms with Crippen LogP contribution in [0.4, 0.5) is 5.69 Å². The van der Waals surface area contributed by atoms with Crippen molar-refractivity contribution in [3.63, 3.8) is 0 Å². The van der Waals surface area contributed by atoms with E-state index in [0.29, 0.717) is 41.4 Å². The van der Waals surface area contributed by atoms with Crippen LogP contribution >= 0.6 is 15.9 Å². The number of H-pyrrole nitrogens is 1. The number of ether oxygens (including phenoxy) is 2. The first-order valence-corrected chi connectivity index (χ1v) is 9.31. The summed E-state index contributed by atoms with van der Waals surface area (Å²) in [5.74, 6) is 1.14. The van der Waals surface area contributed by atoms with E-state index in [1.807, 2.05) is 32.0 Å². The highest BCUT2D eigenvalue weighted by molar-refractivity contribution is 9.10. The molecule has 3 aromatic rings. The fraction of sp³-hybridized carbons (Fsp3) is 0.278. The van der Waals surface area contributed by atoms with E-state index in [1.54, 1.807) is 17.1 Å². The maximum Gasteiger partial charge on any atom is 0.274 e. The lowest BCUT2D eigenvalue weighted by molar-refractivity contribution is 0.102. The molecule has 9 heteroatoms. The number of amides is 1. The third-order valence-electron chi connectivity index (χ3n) is 3.66. The molecule has 142 valence electrons. The summed E-state index contributed by atoms with van der Waals surface area (Å²) in [4.78, 5) is 12.2. The zero-order chi connectivity index (χ0) is 19.2. The van der Waals surface area contributed by atoms with Gasteiger partial charge in [-0.1, -0.05) is 6.07 Å². The number of nitrogens with one attached hydrogen (secondary N) is 2. The van der Waals surface area contributed by atoms with Gasteiger partial charge in [0.15, 0.2) is 11.5 Å². The number of anilines is 1. The topological polar surface area (TPSA) is 94.1 Å². The second kappa shape index (κ2) is 8.72. The van der Waals surface area contributed by atoms with Gasteiger partial charge in [0.1, 0.15) is 5.69 Å². The first kappa shape index (κ1) is 19.0. The smallest absolute Gasteiger partial charge is 0.274 e. The van der Waals surface area contributed by atoms with Gasteiger partial charge >= 0.3 is 0 Å². The van der Waals surface area contributed by atoms with Gasteiger partial charge in [0.25, 0.3) is 5.91 Å². The standard InChI is InChI=1S/C18H20BrN5O3/c1-3-26-15-6-5-12(7-16(15)27-4-2)10-24-11-13(8-21-24)22-18(25)17-14(19)9-20-23-17/h5-9,11H,3-4,10H2,1-2H3,(H,20,23)(H,22,25). The normalized spacial score (nSPS) is 10.6. The zero-order valence-corrected chi connectivity index (χ0v) is 16.6. The summed E-state index contributed by atoms with van der Waals surface area (Å²) in [5.41, 5.74) is 1.97. The van der Waals surface area contributed by atoms with Gasteiger partial charge in [0.05, 0.1) is 42.3 Å². The molecule has 0 aliphatic heterocycles. The van der Waals surface area contributed by atoms with E-state index in [1.165, 1.54) is 6.20 Å². The molecule has 1 aromatic carbocycles. The second-order valence-electron chi connectivity index (χ2n) is 5.62. The molecule has 27 heavy (non-hydrogen) atoms. The molecule has 3 rings (SSSR count). The Kier molecular flexibility index (Phi) is 6.12. The molecule has 0 aliphatic rings. The predicted octanol–water partition coefficient (Wildman–Crippen LogP) is 3.47. The lowest BCUT2D eigenvalue weighted by atomic mass is 10.2. The molecule has 0 atom stereocenters. The Balaban J connectivity index is 1.69. The van der Waals surface area contributed by atoms with Crippen LogP contribution in [-0.2, 0) is 6.54 Å². The molecule has 0 radical (unpaired) electrons. The Labute approximate surface area is 165 Å². The minimum atomic E-state index is -0.293. The van der Waals surface area contributed by atoms with Gasteiger partial charge in [0.2, 0.25) is 0 Å². The summed E-state index contributed by atoms with van der Waals surface area (Å²) < 4.78 is 13.6. The van der Waals surface area contributed by atoms with Crippen molar-refractivity contribution < 1.29 is 14.3 Å². The Bertz CT molecular complexity index is 921. The van der Waals surface area contributed by atoms with Crippen molar-refractivity contribution in [2.24, 2.45) is 0 Å². The summed E-state index contributed by atoms with van der Waals surface area (Å²) in [5, 5.41) is 13.5. The molecule has 0 saturated heterocycles. The van der Waals surface area contributed by atoms with Gasteiger partial charge in [0, 0.05) is 6.20 Å². The van der Waals surface area contributed by atoms with Crippen LogP contribution in [0.3, 0.4) is 0 Å². The molecule has 2 heterocycles. The quantitative estimate of drug-likeness (QED) is 0.566. The second-order valence-corrected chi connectivity index (χ2v) is 6.48. The number of rotatable bonds is 8. The number of aromatic amines is 1. The molecule has 0 saturated carbocycles. The Hall–Kier alpha value is -2.81. The fourth-order valence-corrected chi connectivity index (χ4v) is 2.89. The van der Waals surface area contributed by atoms with Crippen molar-refractivity contribution in [1.29, 1.82) is 0 Å². The van der Waals surface area contributed by atoms with Crippen LogP contribution in [0.15, 0.2) is 41.3 Å². The first-order chi connectivity index (χ1) is 13.1. The summed E-state index contributed by atoms with van der Waals surface area (Å²) in [6.07, 6.45) is 4.89. The van der Waals surface area contributed by atoms with Gasteiger partial charge in [-0.05, 0) is 47.5 Å². The van der Waals surface area contributed by atoms with Crippen LogP contribution in [0.5, 0.6) is 11.5 Å². The van der Waals surface area contributed by atoms with Gasteiger partial charge in [-0.3, -0.25) is 14.6 Å². The Morgan fingerprint density at radius 2 is 2.00 bits per heavy atom. The molecule has 0 aliphatic carbocycles. The molecule has 0 fully saturated rings. The highest BCUT2D eigenvalue weighted by atomic mass is 79.9. The summed E-state index contributed by atoms with van der Waals surface area (Å²) in [6.45, 7) is 5.54. The monoisotopic (exact) mass is 433 g/mol. The van der Waals surface area contributed by atoms with E-state index in [2.05, 4.69) is 36.5 Å². The van der Waals surface area contributed by atoms with E-state index in [4.69, 9.17) is 9.47 Å². The average molecular weight is 434 g/mol. The number of hydrogen-bond acceptors (Lipinski definition) is 5. The van der Waals surface area contributed by atoms with Crippen LogP contribution in [0.25, 0.3) is 0 Å². The van der Waals surface area contributed by atoms with Crippen molar-refractivity contribution in [3.05, 3.63) is 52.5 Å². The number of carbonyl (C=O) groups excluding carboxylic acids is 1. The van der Waals surface area contributed by atoms with Crippen LogP contribution < -0.4 is 14.8 Å². The van der Waals surface area contributed by atoms with Gasteiger partial charge in [-0.25, -0.2) is 0 Å². The summed E-state index contributed by atoms with van der Waals surface area (Å²) in [6, 6.07) is 5.80. The lowest BCUT2D eigenvalue weighted by Crippen LogP contribution is -2.12. The zero-order valence-electron chi connectivity index (χ0n) is 15.0.